The number of thiazole rings is 1. The Morgan fingerprint density at radius 1 is 1.21 bits per heavy atom. The summed E-state index contributed by atoms with van der Waals surface area (Å²) in [5.41, 5.74) is 1.14. The van der Waals surface area contributed by atoms with E-state index in [2.05, 4.69) is 10.3 Å². The molecule has 0 saturated carbocycles. The van der Waals surface area contributed by atoms with E-state index in [-0.39, 0.29) is 19.1 Å². The van der Waals surface area contributed by atoms with Crippen LogP contribution in [0, 0.1) is 11.6 Å². The molecule has 0 bridgehead atoms. The molecule has 2 aromatic carbocycles. The zero-order valence-corrected chi connectivity index (χ0v) is 15.8. The summed E-state index contributed by atoms with van der Waals surface area (Å²) in [4.78, 5) is 30.9. The normalized spacial score (nSPS) is 13.0. The van der Waals surface area contributed by atoms with Crippen LogP contribution in [0.1, 0.15) is 10.4 Å². The number of nitrogens with zero attached hydrogens (tertiary/aromatic N) is 2. The molecule has 0 radical (unpaired) electrons. The van der Waals surface area contributed by atoms with Crippen LogP contribution in [0.4, 0.5) is 19.6 Å². The second-order valence-corrected chi connectivity index (χ2v) is 7.46. The van der Waals surface area contributed by atoms with E-state index in [1.807, 2.05) is 0 Å². The maximum absolute atomic E-state index is 13.3. The van der Waals surface area contributed by atoms with Gasteiger partial charge in [0, 0.05) is 17.5 Å². The molecule has 1 aromatic heterocycles. The summed E-state index contributed by atoms with van der Waals surface area (Å²) in [6.07, 6.45) is 1.93. The van der Waals surface area contributed by atoms with Gasteiger partial charge in [0.25, 0.3) is 5.91 Å². The van der Waals surface area contributed by atoms with Crippen LogP contribution in [0.15, 0.2) is 48.7 Å². The number of rotatable bonds is 5. The highest BCUT2D eigenvalue weighted by molar-refractivity contribution is 7.15. The molecule has 2 amide bonds. The van der Waals surface area contributed by atoms with E-state index in [9.17, 15) is 18.4 Å². The topological polar surface area (TPSA) is 71.5 Å². The van der Waals surface area contributed by atoms with Crippen LogP contribution in [0.2, 0.25) is 0 Å². The number of carbonyl (C=O) groups excluding carboxylic acids is 2. The molecule has 9 heteroatoms. The first-order chi connectivity index (χ1) is 14.0. The standard InChI is InChI=1S/C20H15F2N3O3S/c21-14-6-5-12(8-15(14)22)7-13-9-23-20(29-13)24-18(26)10-25-16-3-1-2-4-17(16)28-11-19(25)27/h1-6,8-9H,7,10-11H2,(H,23,24,26). The third kappa shape index (κ3) is 4.24. The Bertz CT molecular complexity index is 1090. The van der Waals surface area contributed by atoms with E-state index in [0.29, 0.717) is 28.6 Å². The maximum atomic E-state index is 13.3. The van der Waals surface area contributed by atoms with Gasteiger partial charge in [0.05, 0.1) is 5.69 Å². The lowest BCUT2D eigenvalue weighted by Gasteiger charge is -2.28. The van der Waals surface area contributed by atoms with Crippen molar-refractivity contribution < 1.29 is 23.1 Å². The molecular formula is C20H15F2N3O3S. The maximum Gasteiger partial charge on any atom is 0.265 e. The molecule has 29 heavy (non-hydrogen) atoms. The summed E-state index contributed by atoms with van der Waals surface area (Å²) < 4.78 is 31.7. The predicted molar refractivity (Wildman–Crippen MR) is 104 cm³/mol. The summed E-state index contributed by atoms with van der Waals surface area (Å²) in [6.45, 7) is -0.294. The number of carbonyl (C=O) groups is 2. The molecule has 3 aromatic rings. The van der Waals surface area contributed by atoms with Gasteiger partial charge in [-0.2, -0.15) is 0 Å². The van der Waals surface area contributed by atoms with Crippen LogP contribution >= 0.6 is 11.3 Å². The Kier molecular flexibility index (Phi) is 5.22. The minimum atomic E-state index is -0.906. The Morgan fingerprint density at radius 3 is 2.86 bits per heavy atom. The first kappa shape index (κ1) is 19.0. The van der Waals surface area contributed by atoms with Crippen molar-refractivity contribution in [3.63, 3.8) is 0 Å². The summed E-state index contributed by atoms with van der Waals surface area (Å²) in [5.74, 6) is -1.97. The monoisotopic (exact) mass is 415 g/mol. The zero-order valence-electron chi connectivity index (χ0n) is 15.0. The third-order valence-electron chi connectivity index (χ3n) is 4.27. The number of anilines is 2. The quantitative estimate of drug-likeness (QED) is 0.694. The molecule has 148 valence electrons. The smallest absolute Gasteiger partial charge is 0.265 e. The molecule has 0 fully saturated rings. The van der Waals surface area contributed by atoms with E-state index in [4.69, 9.17) is 4.74 Å². The predicted octanol–water partition coefficient (Wildman–Crippen LogP) is 3.38. The molecule has 0 unspecified atom stereocenters. The van der Waals surface area contributed by atoms with Gasteiger partial charge in [-0.15, -0.1) is 11.3 Å². The molecule has 6 nitrogen and oxygen atoms in total. The van der Waals surface area contributed by atoms with Crippen LogP contribution in [0.5, 0.6) is 5.75 Å². The SMILES string of the molecule is O=C(CN1C(=O)COc2ccccc21)Nc1ncc(Cc2ccc(F)c(F)c2)s1. The van der Waals surface area contributed by atoms with Gasteiger partial charge in [-0.05, 0) is 29.8 Å². The Labute approximate surface area is 168 Å². The van der Waals surface area contributed by atoms with Crippen molar-refractivity contribution >= 4 is 34.0 Å². The number of fused-ring (bicyclic) bond motifs is 1. The van der Waals surface area contributed by atoms with Gasteiger partial charge < -0.3 is 10.1 Å². The fraction of sp³-hybridized carbons (Fsp3) is 0.150. The molecule has 0 saturated heterocycles. The number of hydrogen-bond acceptors (Lipinski definition) is 5. The van der Waals surface area contributed by atoms with Crippen molar-refractivity contribution in [2.45, 2.75) is 6.42 Å². The average molecular weight is 415 g/mol. The number of nitrogens with one attached hydrogen (secondary N) is 1. The van der Waals surface area contributed by atoms with Crippen LogP contribution in [0.25, 0.3) is 0 Å². The Balaban J connectivity index is 1.41. The van der Waals surface area contributed by atoms with Crippen LogP contribution in [0.3, 0.4) is 0 Å². The van der Waals surface area contributed by atoms with E-state index in [1.165, 1.54) is 22.3 Å². The summed E-state index contributed by atoms with van der Waals surface area (Å²) in [6, 6.07) is 10.7. The molecule has 1 aliphatic rings. The molecular weight excluding hydrogens is 400 g/mol. The summed E-state index contributed by atoms with van der Waals surface area (Å²) in [7, 11) is 0. The number of halogens is 2. The molecule has 0 atom stereocenters. The molecule has 0 aliphatic carbocycles. The second-order valence-electron chi connectivity index (χ2n) is 6.34. The molecule has 1 aliphatic heterocycles. The highest BCUT2D eigenvalue weighted by atomic mass is 32.1. The van der Waals surface area contributed by atoms with Crippen molar-refractivity contribution in [3.8, 4) is 5.75 Å². The average Bonchev–Trinajstić information content (AvgIpc) is 3.13. The lowest BCUT2D eigenvalue weighted by Crippen LogP contribution is -2.43. The van der Waals surface area contributed by atoms with Crippen LogP contribution in [-0.2, 0) is 16.0 Å². The summed E-state index contributed by atoms with van der Waals surface area (Å²) >= 11 is 1.23. The van der Waals surface area contributed by atoms with Gasteiger partial charge in [0.2, 0.25) is 5.91 Å². The van der Waals surface area contributed by atoms with Gasteiger partial charge in [-0.25, -0.2) is 13.8 Å². The minimum Gasteiger partial charge on any atom is -0.482 e. The molecule has 2 heterocycles. The van der Waals surface area contributed by atoms with Crippen LogP contribution < -0.4 is 15.0 Å². The third-order valence-corrected chi connectivity index (χ3v) is 5.19. The van der Waals surface area contributed by atoms with Crippen molar-refractivity contribution in [2.75, 3.05) is 23.4 Å². The van der Waals surface area contributed by atoms with Gasteiger partial charge in [-0.1, -0.05) is 18.2 Å². The van der Waals surface area contributed by atoms with E-state index in [1.54, 1.807) is 30.5 Å². The highest BCUT2D eigenvalue weighted by Gasteiger charge is 2.27. The fourth-order valence-electron chi connectivity index (χ4n) is 2.93. The summed E-state index contributed by atoms with van der Waals surface area (Å²) in [5, 5.41) is 3.03. The molecule has 0 spiro atoms. The van der Waals surface area contributed by atoms with E-state index in [0.717, 1.165) is 17.0 Å². The van der Waals surface area contributed by atoms with E-state index < -0.39 is 17.5 Å². The Hall–Kier alpha value is -3.33. The van der Waals surface area contributed by atoms with Gasteiger partial charge >= 0.3 is 0 Å². The molecule has 1 N–H and O–H groups in total. The minimum absolute atomic E-state index is 0.125. The van der Waals surface area contributed by atoms with E-state index >= 15 is 0 Å². The van der Waals surface area contributed by atoms with Crippen molar-refractivity contribution in [2.24, 2.45) is 0 Å². The first-order valence-corrected chi connectivity index (χ1v) is 9.52. The zero-order chi connectivity index (χ0) is 20.4. The largest absolute Gasteiger partial charge is 0.482 e. The number of ether oxygens (including phenoxy) is 1. The number of para-hydroxylation sites is 2. The van der Waals surface area contributed by atoms with Crippen molar-refractivity contribution in [1.29, 1.82) is 0 Å². The van der Waals surface area contributed by atoms with Gasteiger partial charge in [0.1, 0.15) is 12.3 Å². The number of hydrogen-bond donors (Lipinski definition) is 1. The van der Waals surface area contributed by atoms with Gasteiger partial charge in [-0.3, -0.25) is 14.5 Å². The number of aromatic nitrogens is 1. The van der Waals surface area contributed by atoms with Gasteiger partial charge in [0.15, 0.2) is 23.4 Å². The van der Waals surface area contributed by atoms with Crippen molar-refractivity contribution in [1.82, 2.24) is 4.98 Å². The highest BCUT2D eigenvalue weighted by Crippen LogP contribution is 2.31. The number of benzene rings is 2. The Morgan fingerprint density at radius 2 is 2.03 bits per heavy atom. The number of amides is 2. The van der Waals surface area contributed by atoms with Crippen molar-refractivity contribution in [3.05, 3.63) is 70.7 Å². The first-order valence-electron chi connectivity index (χ1n) is 8.70. The lowest BCUT2D eigenvalue weighted by molar-refractivity contribution is -0.123. The van der Waals surface area contributed by atoms with Crippen LogP contribution in [-0.4, -0.2) is 29.9 Å². The molecule has 4 rings (SSSR count). The lowest BCUT2D eigenvalue weighted by atomic mass is 10.1. The fourth-order valence-corrected chi connectivity index (χ4v) is 3.79. The second kappa shape index (κ2) is 7.96.